The zero-order valence-electron chi connectivity index (χ0n) is 15.9. The molecule has 0 radical (unpaired) electrons. The van der Waals surface area contributed by atoms with Gasteiger partial charge in [-0.3, -0.25) is 9.78 Å². The fraction of sp³-hybridized carbons (Fsp3) is 0.273. The lowest BCUT2D eigenvalue weighted by Crippen LogP contribution is -2.28. The maximum Gasteiger partial charge on any atom is 0.256 e. The second kappa shape index (κ2) is 8.17. The van der Waals surface area contributed by atoms with E-state index in [2.05, 4.69) is 26.3 Å². The fourth-order valence-electron chi connectivity index (χ4n) is 3.41. The van der Waals surface area contributed by atoms with E-state index >= 15 is 0 Å². The number of anilines is 1. The van der Waals surface area contributed by atoms with E-state index in [4.69, 9.17) is 4.98 Å². The van der Waals surface area contributed by atoms with Crippen molar-refractivity contribution in [2.24, 2.45) is 0 Å². The van der Waals surface area contributed by atoms with Crippen LogP contribution in [0.1, 0.15) is 34.3 Å². The first-order valence-corrected chi connectivity index (χ1v) is 9.57. The minimum atomic E-state index is -0.165. The SMILES string of the molecule is Cc1cccc(-c2ncc(C(=O)NCc3cccnc3)c(N3CCCC3)n2)c1. The highest BCUT2D eigenvalue weighted by molar-refractivity contribution is 5.99. The Labute approximate surface area is 164 Å². The number of benzene rings is 1. The number of nitrogens with zero attached hydrogens (tertiary/aromatic N) is 4. The molecule has 1 fully saturated rings. The van der Waals surface area contributed by atoms with Crippen LogP contribution in [0.3, 0.4) is 0 Å². The van der Waals surface area contributed by atoms with Crippen molar-refractivity contribution in [3.63, 3.8) is 0 Å². The van der Waals surface area contributed by atoms with E-state index in [1.807, 2.05) is 37.3 Å². The molecule has 6 heteroatoms. The molecule has 6 nitrogen and oxygen atoms in total. The summed E-state index contributed by atoms with van der Waals surface area (Å²) in [6.45, 7) is 4.29. The van der Waals surface area contributed by atoms with Crippen LogP contribution in [0.4, 0.5) is 5.82 Å². The Hall–Kier alpha value is -3.28. The molecule has 1 saturated heterocycles. The third-order valence-electron chi connectivity index (χ3n) is 4.87. The van der Waals surface area contributed by atoms with E-state index in [1.165, 1.54) is 0 Å². The smallest absolute Gasteiger partial charge is 0.256 e. The van der Waals surface area contributed by atoms with Crippen LogP contribution in [0.2, 0.25) is 0 Å². The maximum absolute atomic E-state index is 12.9. The molecule has 0 saturated carbocycles. The van der Waals surface area contributed by atoms with Crippen molar-refractivity contribution in [1.29, 1.82) is 0 Å². The van der Waals surface area contributed by atoms with Gasteiger partial charge in [-0.1, -0.05) is 29.8 Å². The topological polar surface area (TPSA) is 71.0 Å². The van der Waals surface area contributed by atoms with Crippen molar-refractivity contribution in [2.45, 2.75) is 26.3 Å². The monoisotopic (exact) mass is 373 g/mol. The fourth-order valence-corrected chi connectivity index (χ4v) is 3.41. The van der Waals surface area contributed by atoms with Crippen molar-refractivity contribution in [1.82, 2.24) is 20.3 Å². The Morgan fingerprint density at radius 3 is 2.75 bits per heavy atom. The molecule has 0 unspecified atom stereocenters. The van der Waals surface area contributed by atoms with E-state index in [0.717, 1.165) is 42.6 Å². The Balaban J connectivity index is 1.63. The van der Waals surface area contributed by atoms with E-state index in [-0.39, 0.29) is 5.91 Å². The second-order valence-electron chi connectivity index (χ2n) is 7.04. The lowest BCUT2D eigenvalue weighted by Gasteiger charge is -2.20. The van der Waals surface area contributed by atoms with Crippen molar-refractivity contribution < 1.29 is 4.79 Å². The van der Waals surface area contributed by atoms with E-state index < -0.39 is 0 Å². The van der Waals surface area contributed by atoms with Gasteiger partial charge < -0.3 is 10.2 Å². The Kier molecular flexibility index (Phi) is 5.28. The number of carbonyl (C=O) groups is 1. The first-order chi connectivity index (χ1) is 13.7. The van der Waals surface area contributed by atoms with Crippen molar-refractivity contribution >= 4 is 11.7 Å². The largest absolute Gasteiger partial charge is 0.356 e. The van der Waals surface area contributed by atoms with Gasteiger partial charge in [-0.05, 0) is 37.5 Å². The van der Waals surface area contributed by atoms with E-state index in [1.54, 1.807) is 18.6 Å². The lowest BCUT2D eigenvalue weighted by atomic mass is 10.1. The van der Waals surface area contributed by atoms with Gasteiger partial charge in [0.15, 0.2) is 5.82 Å². The van der Waals surface area contributed by atoms with Gasteiger partial charge in [-0.25, -0.2) is 9.97 Å². The van der Waals surface area contributed by atoms with E-state index in [0.29, 0.717) is 23.8 Å². The molecule has 1 aromatic carbocycles. The molecular formula is C22H23N5O. The highest BCUT2D eigenvalue weighted by atomic mass is 16.1. The van der Waals surface area contributed by atoms with Gasteiger partial charge >= 0.3 is 0 Å². The first-order valence-electron chi connectivity index (χ1n) is 9.57. The summed E-state index contributed by atoms with van der Waals surface area (Å²) in [6, 6.07) is 11.9. The molecular weight excluding hydrogens is 350 g/mol. The standard InChI is InChI=1S/C22H23N5O/c1-16-6-4-8-18(12-16)20-24-15-19(21(26-20)27-10-2-3-11-27)22(28)25-14-17-7-5-9-23-13-17/h4-9,12-13,15H,2-3,10-11,14H2,1H3,(H,25,28). The molecule has 0 bridgehead atoms. The molecule has 28 heavy (non-hydrogen) atoms. The molecule has 1 N–H and O–H groups in total. The summed E-state index contributed by atoms with van der Waals surface area (Å²) < 4.78 is 0. The maximum atomic E-state index is 12.9. The molecule has 3 heterocycles. The molecule has 0 aliphatic carbocycles. The number of aromatic nitrogens is 3. The molecule has 4 rings (SSSR count). The Morgan fingerprint density at radius 2 is 2.00 bits per heavy atom. The normalized spacial score (nSPS) is 13.5. The predicted octanol–water partition coefficient (Wildman–Crippen LogP) is 3.38. The van der Waals surface area contributed by atoms with Gasteiger partial charge in [0.25, 0.3) is 5.91 Å². The van der Waals surface area contributed by atoms with Gasteiger partial charge in [-0.2, -0.15) is 0 Å². The number of rotatable bonds is 5. The van der Waals surface area contributed by atoms with Crippen LogP contribution >= 0.6 is 0 Å². The Morgan fingerprint density at radius 1 is 1.14 bits per heavy atom. The highest BCUT2D eigenvalue weighted by Gasteiger charge is 2.22. The quantitative estimate of drug-likeness (QED) is 0.742. The van der Waals surface area contributed by atoms with Crippen LogP contribution in [0.15, 0.2) is 55.0 Å². The summed E-state index contributed by atoms with van der Waals surface area (Å²) in [5.74, 6) is 1.20. The molecule has 1 aliphatic rings. The average Bonchev–Trinajstić information content (AvgIpc) is 3.27. The number of nitrogens with one attached hydrogen (secondary N) is 1. The van der Waals surface area contributed by atoms with E-state index in [9.17, 15) is 4.79 Å². The number of hydrogen-bond donors (Lipinski definition) is 1. The van der Waals surface area contributed by atoms with Crippen LogP contribution < -0.4 is 10.2 Å². The van der Waals surface area contributed by atoms with Crippen LogP contribution in [0.25, 0.3) is 11.4 Å². The third kappa shape index (κ3) is 4.01. The van der Waals surface area contributed by atoms with Gasteiger partial charge in [0.05, 0.1) is 0 Å². The number of carbonyl (C=O) groups excluding carboxylic acids is 1. The van der Waals surface area contributed by atoms with Crippen molar-refractivity contribution in [2.75, 3.05) is 18.0 Å². The van der Waals surface area contributed by atoms with Crippen LogP contribution in [-0.2, 0) is 6.54 Å². The van der Waals surface area contributed by atoms with Gasteiger partial charge in [0.1, 0.15) is 11.4 Å². The van der Waals surface area contributed by atoms with Crippen LogP contribution in [0.5, 0.6) is 0 Å². The Bertz CT molecular complexity index is 968. The summed E-state index contributed by atoms with van der Waals surface area (Å²) in [6.07, 6.45) is 7.34. The highest BCUT2D eigenvalue weighted by Crippen LogP contribution is 2.26. The summed E-state index contributed by atoms with van der Waals surface area (Å²) in [4.78, 5) is 28.4. The molecule has 1 aliphatic heterocycles. The number of amides is 1. The lowest BCUT2D eigenvalue weighted by molar-refractivity contribution is 0.0950. The van der Waals surface area contributed by atoms with Crippen molar-refractivity contribution in [3.8, 4) is 11.4 Å². The molecule has 2 aromatic heterocycles. The van der Waals surface area contributed by atoms with Crippen LogP contribution in [0, 0.1) is 6.92 Å². The van der Waals surface area contributed by atoms with Gasteiger partial charge in [0.2, 0.25) is 0 Å². The molecule has 1 amide bonds. The number of hydrogen-bond acceptors (Lipinski definition) is 5. The minimum absolute atomic E-state index is 0.165. The predicted molar refractivity (Wildman–Crippen MR) is 109 cm³/mol. The molecule has 3 aromatic rings. The first kappa shape index (κ1) is 18.1. The third-order valence-corrected chi connectivity index (χ3v) is 4.87. The number of aryl methyl sites for hydroxylation is 1. The summed E-state index contributed by atoms with van der Waals surface area (Å²) >= 11 is 0. The second-order valence-corrected chi connectivity index (χ2v) is 7.04. The van der Waals surface area contributed by atoms with Gasteiger partial charge in [-0.15, -0.1) is 0 Å². The van der Waals surface area contributed by atoms with Gasteiger partial charge in [0, 0.05) is 43.8 Å². The summed E-state index contributed by atoms with van der Waals surface area (Å²) in [5, 5.41) is 2.96. The minimum Gasteiger partial charge on any atom is -0.356 e. The number of pyridine rings is 1. The molecule has 0 spiro atoms. The summed E-state index contributed by atoms with van der Waals surface area (Å²) in [5.41, 5.74) is 3.59. The van der Waals surface area contributed by atoms with Crippen molar-refractivity contribution in [3.05, 3.63) is 71.7 Å². The zero-order valence-corrected chi connectivity index (χ0v) is 15.9. The van der Waals surface area contributed by atoms with Crippen LogP contribution in [-0.4, -0.2) is 33.9 Å². The molecule has 142 valence electrons. The molecule has 0 atom stereocenters. The average molecular weight is 373 g/mol. The zero-order chi connectivity index (χ0) is 19.3. The summed E-state index contributed by atoms with van der Waals surface area (Å²) in [7, 11) is 0.